The van der Waals surface area contributed by atoms with Crippen LogP contribution in [0.2, 0.25) is 0 Å². The molecule has 0 saturated carbocycles. The van der Waals surface area contributed by atoms with Gasteiger partial charge in [-0.15, -0.1) is 0 Å². The van der Waals surface area contributed by atoms with Crippen LogP contribution in [0.4, 0.5) is 9.18 Å². The summed E-state index contributed by atoms with van der Waals surface area (Å²) in [5, 5.41) is 0. The van der Waals surface area contributed by atoms with E-state index in [2.05, 4.69) is 0 Å². The lowest BCUT2D eigenvalue weighted by atomic mass is 9.98. The monoisotopic (exact) mass is 246 g/mol. The topological polar surface area (TPSA) is 55.6 Å². The van der Waals surface area contributed by atoms with E-state index in [0.29, 0.717) is 19.5 Å². The van der Waals surface area contributed by atoms with Crippen LogP contribution >= 0.6 is 0 Å². The highest BCUT2D eigenvalue weighted by Crippen LogP contribution is 2.24. The molecule has 2 N–H and O–H groups in total. The minimum atomic E-state index is -1.05. The summed E-state index contributed by atoms with van der Waals surface area (Å²) in [5.41, 5.74) is 5.02. The van der Waals surface area contributed by atoms with Gasteiger partial charge in [0.05, 0.1) is 0 Å². The molecule has 17 heavy (non-hydrogen) atoms. The summed E-state index contributed by atoms with van der Waals surface area (Å²) in [7, 11) is 0. The molecular formula is C12H23FN2O2. The van der Waals surface area contributed by atoms with E-state index in [-0.39, 0.29) is 12.0 Å². The number of halogens is 1. The van der Waals surface area contributed by atoms with E-state index in [9.17, 15) is 9.18 Å². The number of nitrogens with two attached hydrogens (primary N) is 1. The van der Waals surface area contributed by atoms with Crippen LogP contribution in [0.1, 0.15) is 34.1 Å². The molecule has 0 aromatic rings. The molecule has 1 aliphatic rings. The molecule has 0 aromatic carbocycles. The normalized spacial score (nSPS) is 24.6. The molecule has 1 amide bonds. The Balaban J connectivity index is 2.48. The molecule has 0 radical (unpaired) electrons. The van der Waals surface area contributed by atoms with Crippen molar-refractivity contribution in [1.82, 2.24) is 4.90 Å². The summed E-state index contributed by atoms with van der Waals surface area (Å²) in [6.07, 6.45) is -0.763. The van der Waals surface area contributed by atoms with Crippen molar-refractivity contribution in [1.29, 1.82) is 0 Å². The first kappa shape index (κ1) is 14.2. The summed E-state index contributed by atoms with van der Waals surface area (Å²) >= 11 is 0. The maximum atomic E-state index is 13.7. The Morgan fingerprint density at radius 3 is 2.59 bits per heavy atom. The molecule has 1 heterocycles. The average molecular weight is 246 g/mol. The summed E-state index contributed by atoms with van der Waals surface area (Å²) in [4.78, 5) is 13.3. The van der Waals surface area contributed by atoms with Gasteiger partial charge in [-0.3, -0.25) is 0 Å². The summed E-state index contributed by atoms with van der Waals surface area (Å²) < 4.78 is 18.9. The van der Waals surface area contributed by atoms with Gasteiger partial charge in [0.15, 0.2) is 0 Å². The highest BCUT2D eigenvalue weighted by Gasteiger charge is 2.35. The maximum Gasteiger partial charge on any atom is 0.410 e. The van der Waals surface area contributed by atoms with Gasteiger partial charge in [0, 0.05) is 25.0 Å². The first-order chi connectivity index (χ1) is 7.70. The number of amides is 1. The van der Waals surface area contributed by atoms with Gasteiger partial charge >= 0.3 is 6.09 Å². The van der Waals surface area contributed by atoms with Crippen LogP contribution in [0, 0.1) is 5.92 Å². The zero-order valence-electron chi connectivity index (χ0n) is 11.1. The van der Waals surface area contributed by atoms with Crippen molar-refractivity contribution in [2.75, 3.05) is 13.1 Å². The fourth-order valence-corrected chi connectivity index (χ4v) is 1.97. The van der Waals surface area contributed by atoms with Crippen molar-refractivity contribution in [3.05, 3.63) is 0 Å². The van der Waals surface area contributed by atoms with E-state index >= 15 is 0 Å². The van der Waals surface area contributed by atoms with Crippen LogP contribution in [-0.2, 0) is 4.74 Å². The molecular weight excluding hydrogens is 223 g/mol. The van der Waals surface area contributed by atoms with E-state index in [0.717, 1.165) is 0 Å². The van der Waals surface area contributed by atoms with Crippen molar-refractivity contribution in [2.24, 2.45) is 11.7 Å². The fourth-order valence-electron chi connectivity index (χ4n) is 1.97. The number of carbonyl (C=O) groups excluding carboxylic acids is 1. The zero-order chi connectivity index (χ0) is 13.2. The second-order valence-electron chi connectivity index (χ2n) is 5.78. The molecule has 3 unspecified atom stereocenters. The molecule has 0 spiro atoms. The molecule has 0 aliphatic carbocycles. The van der Waals surface area contributed by atoms with Gasteiger partial charge in [0.25, 0.3) is 0 Å². The Labute approximate surface area is 102 Å². The number of alkyl halides is 1. The number of rotatable bonds is 2. The highest BCUT2D eigenvalue weighted by molar-refractivity contribution is 5.68. The third-order valence-corrected chi connectivity index (χ3v) is 2.83. The molecule has 4 nitrogen and oxygen atoms in total. The standard InChI is InChI=1S/C12H23FN2O2/c1-8(14)10(13)9-5-6-15(7-9)11(16)17-12(2,3)4/h8-10H,5-7,14H2,1-4H3. The van der Waals surface area contributed by atoms with Gasteiger partial charge in [-0.05, 0) is 34.1 Å². The highest BCUT2D eigenvalue weighted by atomic mass is 19.1. The van der Waals surface area contributed by atoms with E-state index in [1.165, 1.54) is 0 Å². The molecule has 1 fully saturated rings. The Morgan fingerprint density at radius 1 is 1.53 bits per heavy atom. The molecule has 0 aromatic heterocycles. The zero-order valence-corrected chi connectivity index (χ0v) is 11.1. The molecule has 1 rings (SSSR count). The van der Waals surface area contributed by atoms with E-state index in [1.54, 1.807) is 11.8 Å². The number of hydrogen-bond acceptors (Lipinski definition) is 3. The Hall–Kier alpha value is -0.840. The average Bonchev–Trinajstić information content (AvgIpc) is 2.62. The van der Waals surface area contributed by atoms with Gasteiger partial charge in [0.2, 0.25) is 0 Å². The third-order valence-electron chi connectivity index (χ3n) is 2.83. The summed E-state index contributed by atoms with van der Waals surface area (Å²) in [6, 6.07) is -0.487. The molecule has 100 valence electrons. The third kappa shape index (κ3) is 4.15. The number of hydrogen-bond donors (Lipinski definition) is 1. The predicted octanol–water partition coefficient (Wildman–Crippen LogP) is 1.93. The van der Waals surface area contributed by atoms with Gasteiger partial charge in [-0.25, -0.2) is 9.18 Å². The summed E-state index contributed by atoms with van der Waals surface area (Å²) in [6.45, 7) is 8.06. The van der Waals surface area contributed by atoms with Gasteiger partial charge in [0.1, 0.15) is 11.8 Å². The number of carbonyl (C=O) groups is 1. The molecule has 3 atom stereocenters. The first-order valence-electron chi connectivity index (χ1n) is 6.08. The van der Waals surface area contributed by atoms with Gasteiger partial charge in [-0.2, -0.15) is 0 Å². The Morgan fingerprint density at radius 2 is 2.12 bits per heavy atom. The molecule has 1 aliphatic heterocycles. The smallest absolute Gasteiger partial charge is 0.410 e. The lowest BCUT2D eigenvalue weighted by Gasteiger charge is -2.25. The quantitative estimate of drug-likeness (QED) is 0.810. The number of nitrogens with zero attached hydrogens (tertiary/aromatic N) is 1. The Kier molecular flexibility index (Phi) is 4.36. The van der Waals surface area contributed by atoms with Crippen molar-refractivity contribution < 1.29 is 13.9 Å². The van der Waals surface area contributed by atoms with Crippen LogP contribution in [0.5, 0.6) is 0 Å². The maximum absolute atomic E-state index is 13.7. The summed E-state index contributed by atoms with van der Waals surface area (Å²) in [5.74, 6) is -0.164. The minimum Gasteiger partial charge on any atom is -0.444 e. The van der Waals surface area contributed by atoms with Crippen LogP contribution in [0.25, 0.3) is 0 Å². The van der Waals surface area contributed by atoms with E-state index in [4.69, 9.17) is 10.5 Å². The second kappa shape index (κ2) is 5.21. The lowest BCUT2D eigenvalue weighted by molar-refractivity contribution is 0.0279. The fraction of sp³-hybridized carbons (Fsp3) is 0.917. The largest absolute Gasteiger partial charge is 0.444 e. The van der Waals surface area contributed by atoms with E-state index in [1.807, 2.05) is 20.8 Å². The van der Waals surface area contributed by atoms with Crippen LogP contribution in [0.3, 0.4) is 0 Å². The number of ether oxygens (including phenoxy) is 1. The van der Waals surface area contributed by atoms with Crippen LogP contribution in [0.15, 0.2) is 0 Å². The van der Waals surface area contributed by atoms with Crippen LogP contribution in [-0.4, -0.2) is 41.9 Å². The lowest BCUT2D eigenvalue weighted by Crippen LogP contribution is -2.38. The van der Waals surface area contributed by atoms with Crippen molar-refractivity contribution in [2.45, 2.75) is 51.9 Å². The predicted molar refractivity (Wildman–Crippen MR) is 64.5 cm³/mol. The molecule has 5 heteroatoms. The van der Waals surface area contributed by atoms with Crippen molar-refractivity contribution >= 4 is 6.09 Å². The second-order valence-corrected chi connectivity index (χ2v) is 5.78. The SMILES string of the molecule is CC(N)C(F)C1CCN(C(=O)OC(C)(C)C)C1. The van der Waals surface area contributed by atoms with E-state index < -0.39 is 17.8 Å². The minimum absolute atomic E-state index is 0.164. The van der Waals surface area contributed by atoms with Crippen molar-refractivity contribution in [3.8, 4) is 0 Å². The van der Waals surface area contributed by atoms with Crippen LogP contribution < -0.4 is 5.73 Å². The van der Waals surface area contributed by atoms with Gasteiger partial charge in [-0.1, -0.05) is 0 Å². The number of likely N-dealkylation sites (tertiary alicyclic amines) is 1. The van der Waals surface area contributed by atoms with Gasteiger partial charge < -0.3 is 15.4 Å². The van der Waals surface area contributed by atoms with Crippen molar-refractivity contribution in [3.63, 3.8) is 0 Å². The Bertz CT molecular complexity index is 276. The molecule has 0 bridgehead atoms. The first-order valence-corrected chi connectivity index (χ1v) is 6.08. The molecule has 1 saturated heterocycles.